The van der Waals surface area contributed by atoms with Gasteiger partial charge in [0.15, 0.2) is 0 Å². The van der Waals surface area contributed by atoms with Gasteiger partial charge in [0, 0.05) is 6.20 Å². The molecule has 0 saturated heterocycles. The van der Waals surface area contributed by atoms with Crippen molar-refractivity contribution in [3.63, 3.8) is 0 Å². The molecule has 0 spiro atoms. The quantitative estimate of drug-likeness (QED) is 0.488. The van der Waals surface area contributed by atoms with E-state index >= 15 is 0 Å². The van der Waals surface area contributed by atoms with Crippen molar-refractivity contribution in [1.82, 2.24) is 10.4 Å². The highest BCUT2D eigenvalue weighted by atomic mass is 15.2. The van der Waals surface area contributed by atoms with Gasteiger partial charge >= 0.3 is 0 Å². The molecule has 1 rings (SSSR count). The molecule has 0 amide bonds. The normalized spacial score (nSPS) is 13.0. The van der Waals surface area contributed by atoms with Crippen molar-refractivity contribution >= 4 is 0 Å². The van der Waals surface area contributed by atoms with Crippen LogP contribution in [0.1, 0.15) is 24.2 Å². The summed E-state index contributed by atoms with van der Waals surface area (Å²) in [6, 6.07) is 4.06. The van der Waals surface area contributed by atoms with Crippen LogP contribution in [0.5, 0.6) is 0 Å². The van der Waals surface area contributed by atoms with Crippen LogP contribution in [0.3, 0.4) is 0 Å². The average Bonchev–Trinajstić information content (AvgIpc) is 2.04. The van der Waals surface area contributed by atoms with Crippen molar-refractivity contribution in [3.05, 3.63) is 29.6 Å². The molecule has 3 nitrogen and oxygen atoms in total. The minimum atomic E-state index is 0.121. The topological polar surface area (TPSA) is 50.9 Å². The number of aromatic nitrogens is 1. The van der Waals surface area contributed by atoms with Crippen LogP contribution in [0.4, 0.5) is 0 Å². The molecule has 60 valence electrons. The number of nitrogens with two attached hydrogens (primary N) is 1. The number of hydrazine groups is 1. The molecule has 0 bridgehead atoms. The van der Waals surface area contributed by atoms with E-state index in [1.165, 1.54) is 0 Å². The number of rotatable bonds is 2. The highest BCUT2D eigenvalue weighted by Crippen LogP contribution is 2.11. The molecule has 1 aromatic rings. The SMILES string of the molecule is Cc1cccnc1C(C)NN. The first-order chi connectivity index (χ1) is 5.25. The molecule has 0 radical (unpaired) electrons. The fraction of sp³-hybridized carbons (Fsp3) is 0.375. The molecular weight excluding hydrogens is 138 g/mol. The second-order valence-electron chi connectivity index (χ2n) is 2.59. The Hall–Kier alpha value is -0.930. The smallest absolute Gasteiger partial charge is 0.0612 e. The molecule has 0 aliphatic rings. The summed E-state index contributed by atoms with van der Waals surface area (Å²) in [4.78, 5) is 4.21. The molecule has 3 heteroatoms. The lowest BCUT2D eigenvalue weighted by atomic mass is 10.1. The number of nitrogens with zero attached hydrogens (tertiary/aromatic N) is 1. The second kappa shape index (κ2) is 3.46. The van der Waals surface area contributed by atoms with Crippen LogP contribution in [0, 0.1) is 6.92 Å². The van der Waals surface area contributed by atoms with Crippen LogP contribution in [0.15, 0.2) is 18.3 Å². The maximum atomic E-state index is 5.28. The Bertz CT molecular complexity index is 235. The number of nitrogens with one attached hydrogen (secondary N) is 1. The van der Waals surface area contributed by atoms with Gasteiger partial charge in [-0.2, -0.15) is 0 Å². The van der Waals surface area contributed by atoms with E-state index in [0.29, 0.717) is 0 Å². The zero-order chi connectivity index (χ0) is 8.27. The highest BCUT2D eigenvalue weighted by Gasteiger charge is 2.05. The van der Waals surface area contributed by atoms with Crippen LogP contribution < -0.4 is 11.3 Å². The predicted molar refractivity (Wildman–Crippen MR) is 44.7 cm³/mol. The third-order valence-electron chi connectivity index (χ3n) is 1.71. The lowest BCUT2D eigenvalue weighted by Gasteiger charge is -2.10. The largest absolute Gasteiger partial charge is 0.271 e. The average molecular weight is 151 g/mol. The molecule has 11 heavy (non-hydrogen) atoms. The Balaban J connectivity index is 2.93. The lowest BCUT2D eigenvalue weighted by molar-refractivity contribution is 0.583. The van der Waals surface area contributed by atoms with Gasteiger partial charge in [0.25, 0.3) is 0 Å². The van der Waals surface area contributed by atoms with Crippen LogP contribution in [-0.4, -0.2) is 4.98 Å². The Labute approximate surface area is 66.6 Å². The van der Waals surface area contributed by atoms with Gasteiger partial charge in [-0.1, -0.05) is 6.07 Å². The Kier molecular flexibility index (Phi) is 2.57. The summed E-state index contributed by atoms with van der Waals surface area (Å²) < 4.78 is 0. The number of hydrogen-bond acceptors (Lipinski definition) is 3. The van der Waals surface area contributed by atoms with Gasteiger partial charge in [-0.25, -0.2) is 0 Å². The Morgan fingerprint density at radius 1 is 1.64 bits per heavy atom. The molecule has 1 heterocycles. The minimum Gasteiger partial charge on any atom is -0.271 e. The predicted octanol–water partition coefficient (Wildman–Crippen LogP) is 0.914. The molecular formula is C8H13N3. The summed E-state index contributed by atoms with van der Waals surface area (Å²) >= 11 is 0. The van der Waals surface area contributed by atoms with Crippen molar-refractivity contribution in [2.45, 2.75) is 19.9 Å². The van der Waals surface area contributed by atoms with Gasteiger partial charge in [-0.3, -0.25) is 16.3 Å². The van der Waals surface area contributed by atoms with Crippen molar-refractivity contribution in [3.8, 4) is 0 Å². The maximum Gasteiger partial charge on any atom is 0.0612 e. The number of aryl methyl sites for hydroxylation is 1. The number of hydrogen-bond donors (Lipinski definition) is 2. The van der Waals surface area contributed by atoms with Crippen LogP contribution >= 0.6 is 0 Å². The van der Waals surface area contributed by atoms with E-state index < -0.39 is 0 Å². The standard InChI is InChI=1S/C8H13N3/c1-6-4-3-5-10-8(6)7(2)11-9/h3-5,7,11H,9H2,1-2H3. The van der Waals surface area contributed by atoms with Gasteiger partial charge in [0.2, 0.25) is 0 Å². The van der Waals surface area contributed by atoms with E-state index in [1.54, 1.807) is 6.20 Å². The summed E-state index contributed by atoms with van der Waals surface area (Å²) in [7, 11) is 0. The first-order valence-corrected chi connectivity index (χ1v) is 3.63. The van der Waals surface area contributed by atoms with Gasteiger partial charge in [0.1, 0.15) is 0 Å². The van der Waals surface area contributed by atoms with Gasteiger partial charge in [-0.15, -0.1) is 0 Å². The molecule has 0 aliphatic carbocycles. The third kappa shape index (κ3) is 1.76. The minimum absolute atomic E-state index is 0.121. The van der Waals surface area contributed by atoms with Gasteiger partial charge in [0.05, 0.1) is 11.7 Å². The fourth-order valence-corrected chi connectivity index (χ4v) is 1.03. The van der Waals surface area contributed by atoms with E-state index in [-0.39, 0.29) is 6.04 Å². The van der Waals surface area contributed by atoms with Crippen LogP contribution in [0.2, 0.25) is 0 Å². The van der Waals surface area contributed by atoms with E-state index in [2.05, 4.69) is 10.4 Å². The second-order valence-corrected chi connectivity index (χ2v) is 2.59. The van der Waals surface area contributed by atoms with Crippen LogP contribution in [-0.2, 0) is 0 Å². The van der Waals surface area contributed by atoms with Crippen LogP contribution in [0.25, 0.3) is 0 Å². The first kappa shape index (κ1) is 8.17. The number of pyridine rings is 1. The molecule has 1 unspecified atom stereocenters. The van der Waals surface area contributed by atoms with Crippen molar-refractivity contribution in [2.75, 3.05) is 0 Å². The zero-order valence-electron chi connectivity index (χ0n) is 6.83. The molecule has 0 saturated carbocycles. The first-order valence-electron chi connectivity index (χ1n) is 3.63. The van der Waals surface area contributed by atoms with Gasteiger partial charge in [-0.05, 0) is 25.5 Å². The lowest BCUT2D eigenvalue weighted by Crippen LogP contribution is -2.26. The van der Waals surface area contributed by atoms with E-state index in [9.17, 15) is 0 Å². The zero-order valence-corrected chi connectivity index (χ0v) is 6.83. The molecule has 1 aromatic heterocycles. The maximum absolute atomic E-state index is 5.28. The summed E-state index contributed by atoms with van der Waals surface area (Å²) in [5, 5.41) is 0. The Morgan fingerprint density at radius 2 is 2.36 bits per heavy atom. The monoisotopic (exact) mass is 151 g/mol. The van der Waals surface area contributed by atoms with E-state index in [4.69, 9.17) is 5.84 Å². The van der Waals surface area contributed by atoms with Gasteiger partial charge < -0.3 is 0 Å². The highest BCUT2D eigenvalue weighted by molar-refractivity contribution is 5.20. The molecule has 0 aliphatic heterocycles. The summed E-state index contributed by atoms with van der Waals surface area (Å²) in [6.45, 7) is 4.01. The van der Waals surface area contributed by atoms with E-state index in [1.807, 2.05) is 26.0 Å². The molecule has 3 N–H and O–H groups in total. The molecule has 1 atom stereocenters. The summed E-state index contributed by atoms with van der Waals surface area (Å²) in [5.41, 5.74) is 4.83. The van der Waals surface area contributed by atoms with Crippen molar-refractivity contribution in [1.29, 1.82) is 0 Å². The molecule has 0 aromatic carbocycles. The van der Waals surface area contributed by atoms with E-state index in [0.717, 1.165) is 11.3 Å². The molecule has 0 fully saturated rings. The van der Waals surface area contributed by atoms with Crippen molar-refractivity contribution in [2.24, 2.45) is 5.84 Å². The summed E-state index contributed by atoms with van der Waals surface area (Å²) in [5.74, 6) is 5.28. The third-order valence-corrected chi connectivity index (χ3v) is 1.71. The van der Waals surface area contributed by atoms with Crippen molar-refractivity contribution < 1.29 is 0 Å². The Morgan fingerprint density at radius 3 is 2.91 bits per heavy atom. The summed E-state index contributed by atoms with van der Waals surface area (Å²) in [6.07, 6.45) is 1.77. The fourth-order valence-electron chi connectivity index (χ4n) is 1.03.